The van der Waals surface area contributed by atoms with Crippen molar-refractivity contribution in [1.82, 2.24) is 0 Å². The lowest BCUT2D eigenvalue weighted by molar-refractivity contribution is -0.114. The van der Waals surface area contributed by atoms with Crippen LogP contribution in [0.25, 0.3) is 0 Å². The van der Waals surface area contributed by atoms with E-state index in [0.717, 1.165) is 0 Å². The fourth-order valence-corrected chi connectivity index (χ4v) is 2.96. The molecule has 2 rings (SSSR count). The molecule has 0 spiro atoms. The van der Waals surface area contributed by atoms with E-state index in [4.69, 9.17) is 4.74 Å². The van der Waals surface area contributed by atoms with E-state index in [1.165, 1.54) is 19.2 Å². The number of nitrogens with one attached hydrogen (secondary N) is 2. The number of methoxy groups -OCH3 is 1. The number of carbonyl (C=O) groups excluding carboxylic acids is 1. The summed E-state index contributed by atoms with van der Waals surface area (Å²) in [5, 5.41) is 5.71. The molecule has 0 bridgehead atoms. The summed E-state index contributed by atoms with van der Waals surface area (Å²) in [5.74, 6) is 0.408. The summed E-state index contributed by atoms with van der Waals surface area (Å²) in [6.07, 6.45) is 0. The highest BCUT2D eigenvalue weighted by Gasteiger charge is 2.11. The van der Waals surface area contributed by atoms with Gasteiger partial charge < -0.3 is 15.4 Å². The molecule has 0 unspecified atom stereocenters. The second-order valence-corrected chi connectivity index (χ2v) is 7.31. The number of anilines is 2. The maximum absolute atomic E-state index is 12.0. The zero-order valence-corrected chi connectivity index (χ0v) is 14.4. The summed E-state index contributed by atoms with van der Waals surface area (Å²) in [4.78, 5) is 12.3. The largest absolute Gasteiger partial charge is 0.495 e. The molecule has 0 aliphatic heterocycles. The van der Waals surface area contributed by atoms with E-state index < -0.39 is 9.84 Å². The minimum atomic E-state index is -3.22. The average molecular weight is 348 g/mol. The topological polar surface area (TPSA) is 84.5 Å². The molecule has 0 heterocycles. The van der Waals surface area contributed by atoms with Crippen molar-refractivity contribution in [2.24, 2.45) is 0 Å². The van der Waals surface area contributed by atoms with Gasteiger partial charge in [0.05, 0.1) is 30.0 Å². The number of carbonyl (C=O) groups is 1. The Morgan fingerprint density at radius 3 is 2.38 bits per heavy atom. The third-order valence-electron chi connectivity index (χ3n) is 3.43. The zero-order chi connectivity index (χ0) is 17.6. The first kappa shape index (κ1) is 17.8. The molecule has 0 aromatic heterocycles. The van der Waals surface area contributed by atoms with Crippen molar-refractivity contribution >= 4 is 27.1 Å². The number of hydrogen-bond acceptors (Lipinski definition) is 5. The molecular weight excluding hydrogens is 328 g/mol. The van der Waals surface area contributed by atoms with Gasteiger partial charge in [0, 0.05) is 5.69 Å². The molecule has 7 heteroatoms. The Kier molecular flexibility index (Phi) is 5.81. The molecule has 0 aliphatic carbocycles. The summed E-state index contributed by atoms with van der Waals surface area (Å²) >= 11 is 0. The molecule has 24 heavy (non-hydrogen) atoms. The molecule has 1 amide bonds. The SMILES string of the molecule is CCS(=O)(=O)c1ccc(NCC(=O)Nc2ccccc2OC)cc1. The number of para-hydroxylation sites is 2. The normalized spacial score (nSPS) is 10.9. The highest BCUT2D eigenvalue weighted by Crippen LogP contribution is 2.22. The minimum absolute atomic E-state index is 0.0535. The van der Waals surface area contributed by atoms with Gasteiger partial charge in [0.25, 0.3) is 0 Å². The molecule has 6 nitrogen and oxygen atoms in total. The summed E-state index contributed by atoms with van der Waals surface area (Å²) < 4.78 is 28.7. The van der Waals surface area contributed by atoms with Crippen LogP contribution in [0, 0.1) is 0 Å². The number of sulfone groups is 1. The van der Waals surface area contributed by atoms with Gasteiger partial charge in [-0.15, -0.1) is 0 Å². The highest BCUT2D eigenvalue weighted by molar-refractivity contribution is 7.91. The Morgan fingerprint density at radius 1 is 1.08 bits per heavy atom. The maximum Gasteiger partial charge on any atom is 0.243 e. The van der Waals surface area contributed by atoms with Crippen LogP contribution in [-0.4, -0.2) is 33.7 Å². The Hall–Kier alpha value is -2.54. The van der Waals surface area contributed by atoms with Crippen LogP contribution in [0.4, 0.5) is 11.4 Å². The third-order valence-corrected chi connectivity index (χ3v) is 5.18. The van der Waals surface area contributed by atoms with Gasteiger partial charge in [-0.05, 0) is 36.4 Å². The molecule has 0 saturated heterocycles. The van der Waals surface area contributed by atoms with Crippen molar-refractivity contribution in [2.45, 2.75) is 11.8 Å². The number of hydrogen-bond donors (Lipinski definition) is 2. The van der Waals surface area contributed by atoms with Crippen molar-refractivity contribution < 1.29 is 17.9 Å². The molecule has 2 aromatic rings. The molecule has 0 atom stereocenters. The Bertz CT molecular complexity index is 802. The molecule has 2 N–H and O–H groups in total. The number of ether oxygens (including phenoxy) is 1. The van der Waals surface area contributed by atoms with Crippen LogP contribution >= 0.6 is 0 Å². The van der Waals surface area contributed by atoms with Crippen molar-refractivity contribution in [2.75, 3.05) is 30.0 Å². The molecule has 0 saturated carbocycles. The predicted octanol–water partition coefficient (Wildman–Crippen LogP) is 2.54. The van der Waals surface area contributed by atoms with Gasteiger partial charge >= 0.3 is 0 Å². The van der Waals surface area contributed by atoms with Gasteiger partial charge in [0.15, 0.2) is 9.84 Å². The first-order valence-corrected chi connectivity index (χ1v) is 9.11. The molecule has 2 aromatic carbocycles. The Morgan fingerprint density at radius 2 is 1.75 bits per heavy atom. The highest BCUT2D eigenvalue weighted by atomic mass is 32.2. The lowest BCUT2D eigenvalue weighted by Gasteiger charge is -2.11. The van der Waals surface area contributed by atoms with Crippen LogP contribution in [0.5, 0.6) is 5.75 Å². The fourth-order valence-electron chi connectivity index (χ4n) is 2.07. The van der Waals surface area contributed by atoms with E-state index in [-0.39, 0.29) is 23.1 Å². The van der Waals surface area contributed by atoms with Crippen LogP contribution in [0.15, 0.2) is 53.4 Å². The van der Waals surface area contributed by atoms with Gasteiger partial charge in [-0.25, -0.2) is 8.42 Å². The Balaban J connectivity index is 1.94. The molecule has 128 valence electrons. The summed E-state index contributed by atoms with van der Waals surface area (Å²) in [6, 6.07) is 13.5. The number of rotatable bonds is 7. The van der Waals surface area contributed by atoms with E-state index in [2.05, 4.69) is 10.6 Å². The first-order valence-electron chi connectivity index (χ1n) is 7.46. The van der Waals surface area contributed by atoms with Crippen molar-refractivity contribution in [3.8, 4) is 5.75 Å². The molecule has 0 aliphatic rings. The lowest BCUT2D eigenvalue weighted by Crippen LogP contribution is -2.22. The van der Waals surface area contributed by atoms with Crippen LogP contribution in [0.1, 0.15) is 6.92 Å². The lowest BCUT2D eigenvalue weighted by atomic mass is 10.3. The van der Waals surface area contributed by atoms with E-state index in [9.17, 15) is 13.2 Å². The van der Waals surface area contributed by atoms with Gasteiger partial charge in [0.1, 0.15) is 5.75 Å². The van der Waals surface area contributed by atoms with Gasteiger partial charge in [-0.1, -0.05) is 19.1 Å². The number of benzene rings is 2. The first-order chi connectivity index (χ1) is 11.5. The van der Waals surface area contributed by atoms with Gasteiger partial charge in [-0.2, -0.15) is 0 Å². The van der Waals surface area contributed by atoms with E-state index in [1.807, 2.05) is 6.07 Å². The monoisotopic (exact) mass is 348 g/mol. The molecular formula is C17H20N2O4S. The summed E-state index contributed by atoms with van der Waals surface area (Å²) in [6.45, 7) is 1.65. The van der Waals surface area contributed by atoms with Gasteiger partial charge in [0.2, 0.25) is 5.91 Å². The van der Waals surface area contributed by atoms with Crippen LogP contribution in [0.2, 0.25) is 0 Å². The maximum atomic E-state index is 12.0. The predicted molar refractivity (Wildman–Crippen MR) is 94.3 cm³/mol. The smallest absolute Gasteiger partial charge is 0.243 e. The van der Waals surface area contributed by atoms with Crippen LogP contribution in [0.3, 0.4) is 0 Å². The van der Waals surface area contributed by atoms with E-state index in [1.54, 1.807) is 37.3 Å². The quantitative estimate of drug-likeness (QED) is 0.803. The number of amides is 1. The van der Waals surface area contributed by atoms with Crippen molar-refractivity contribution in [3.05, 3.63) is 48.5 Å². The van der Waals surface area contributed by atoms with Crippen molar-refractivity contribution in [1.29, 1.82) is 0 Å². The summed E-state index contributed by atoms with van der Waals surface area (Å²) in [7, 11) is -1.68. The van der Waals surface area contributed by atoms with E-state index >= 15 is 0 Å². The fraction of sp³-hybridized carbons (Fsp3) is 0.235. The average Bonchev–Trinajstić information content (AvgIpc) is 2.61. The second kappa shape index (κ2) is 7.83. The van der Waals surface area contributed by atoms with Crippen molar-refractivity contribution in [3.63, 3.8) is 0 Å². The van der Waals surface area contributed by atoms with E-state index in [0.29, 0.717) is 17.1 Å². The summed E-state index contributed by atoms with van der Waals surface area (Å²) in [5.41, 5.74) is 1.26. The van der Waals surface area contributed by atoms with Gasteiger partial charge in [-0.3, -0.25) is 4.79 Å². The second-order valence-electron chi connectivity index (χ2n) is 5.03. The molecule has 0 fully saturated rings. The van der Waals surface area contributed by atoms with Crippen LogP contribution < -0.4 is 15.4 Å². The molecule has 0 radical (unpaired) electrons. The Labute approximate surface area is 141 Å². The standard InChI is InChI=1S/C17H20N2O4S/c1-3-24(21,22)14-10-8-13(9-11-14)18-12-17(20)19-15-6-4-5-7-16(15)23-2/h4-11,18H,3,12H2,1-2H3,(H,19,20). The van der Waals surface area contributed by atoms with Crippen LogP contribution in [-0.2, 0) is 14.6 Å². The third kappa shape index (κ3) is 4.48. The minimum Gasteiger partial charge on any atom is -0.495 e. The zero-order valence-electron chi connectivity index (χ0n) is 13.6.